The maximum absolute atomic E-state index is 12.4. The molecule has 1 amide bonds. The molecule has 128 valence electrons. The number of guanidine groups is 1. The van der Waals surface area contributed by atoms with Gasteiger partial charge in [-0.3, -0.25) is 4.79 Å². The van der Waals surface area contributed by atoms with E-state index in [-0.39, 0.29) is 24.7 Å². The summed E-state index contributed by atoms with van der Waals surface area (Å²) in [6.07, 6.45) is 0. The number of para-hydroxylation sites is 1. The molecule has 0 aromatic heterocycles. The largest absolute Gasteiger partial charge is 0.434 e. The van der Waals surface area contributed by atoms with Gasteiger partial charge in [-0.15, -0.1) is 0 Å². The first-order chi connectivity index (χ1) is 10.9. The van der Waals surface area contributed by atoms with Crippen molar-refractivity contribution < 1.29 is 18.3 Å². The summed E-state index contributed by atoms with van der Waals surface area (Å²) >= 11 is 0. The van der Waals surface area contributed by atoms with Gasteiger partial charge in [0.15, 0.2) is 5.96 Å². The second kappa shape index (κ2) is 9.60. The summed E-state index contributed by atoms with van der Waals surface area (Å²) in [4.78, 5) is 17.3. The van der Waals surface area contributed by atoms with Gasteiger partial charge in [-0.2, -0.15) is 8.78 Å². The Kier molecular flexibility index (Phi) is 7.79. The molecule has 6 nitrogen and oxygen atoms in total. The van der Waals surface area contributed by atoms with Crippen molar-refractivity contribution in [3.63, 3.8) is 0 Å². The van der Waals surface area contributed by atoms with Crippen LogP contribution in [-0.4, -0.2) is 50.6 Å². The number of carbonyl (C=O) groups is 1. The minimum atomic E-state index is -2.88. The molecular formula is C15H22F2N4O2. The van der Waals surface area contributed by atoms with Gasteiger partial charge in [0.05, 0.1) is 13.1 Å². The van der Waals surface area contributed by atoms with Crippen molar-refractivity contribution in [2.75, 3.05) is 27.2 Å². The smallest absolute Gasteiger partial charge is 0.387 e. The fraction of sp³-hybridized carbons (Fsp3) is 0.467. The van der Waals surface area contributed by atoms with Crippen molar-refractivity contribution in [2.45, 2.75) is 20.1 Å². The average Bonchev–Trinajstić information content (AvgIpc) is 2.50. The summed E-state index contributed by atoms with van der Waals surface area (Å²) in [5.41, 5.74) is 0.531. The lowest BCUT2D eigenvalue weighted by molar-refractivity contribution is -0.127. The number of hydrogen-bond donors (Lipinski definition) is 2. The summed E-state index contributed by atoms with van der Waals surface area (Å²) < 4.78 is 29.2. The average molecular weight is 328 g/mol. The summed E-state index contributed by atoms with van der Waals surface area (Å²) in [6.45, 7) is -0.150. The highest BCUT2D eigenvalue weighted by molar-refractivity contribution is 5.86. The monoisotopic (exact) mass is 328 g/mol. The number of benzene rings is 1. The first-order valence-corrected chi connectivity index (χ1v) is 7.19. The molecule has 8 heteroatoms. The van der Waals surface area contributed by atoms with E-state index >= 15 is 0 Å². The molecule has 0 atom stereocenters. The van der Waals surface area contributed by atoms with Crippen LogP contribution in [0.2, 0.25) is 0 Å². The van der Waals surface area contributed by atoms with Crippen molar-refractivity contribution in [3.05, 3.63) is 29.8 Å². The van der Waals surface area contributed by atoms with Crippen LogP contribution in [0.25, 0.3) is 0 Å². The van der Waals surface area contributed by atoms with E-state index < -0.39 is 6.61 Å². The van der Waals surface area contributed by atoms with Gasteiger partial charge in [-0.05, 0) is 13.0 Å². The van der Waals surface area contributed by atoms with E-state index in [1.54, 1.807) is 32.3 Å². The zero-order valence-corrected chi connectivity index (χ0v) is 13.5. The Hall–Kier alpha value is -2.38. The molecule has 1 aromatic rings. The number of ether oxygens (including phenoxy) is 1. The first-order valence-electron chi connectivity index (χ1n) is 7.19. The molecule has 23 heavy (non-hydrogen) atoms. The Balaban J connectivity index is 2.75. The van der Waals surface area contributed by atoms with Crippen LogP contribution in [0, 0.1) is 0 Å². The lowest BCUT2D eigenvalue weighted by Gasteiger charge is -2.14. The van der Waals surface area contributed by atoms with Crippen LogP contribution in [0.5, 0.6) is 5.75 Å². The minimum Gasteiger partial charge on any atom is -0.434 e. The molecule has 0 heterocycles. The third-order valence-corrected chi connectivity index (χ3v) is 2.85. The van der Waals surface area contributed by atoms with Crippen molar-refractivity contribution in [3.8, 4) is 5.75 Å². The Labute approximate surface area is 134 Å². The highest BCUT2D eigenvalue weighted by Crippen LogP contribution is 2.20. The first kappa shape index (κ1) is 18.7. The van der Waals surface area contributed by atoms with Crippen molar-refractivity contribution in [1.82, 2.24) is 15.5 Å². The Morgan fingerprint density at radius 2 is 2.00 bits per heavy atom. The van der Waals surface area contributed by atoms with Gasteiger partial charge in [0.1, 0.15) is 5.75 Å². The molecule has 0 spiro atoms. The Morgan fingerprint density at radius 1 is 1.30 bits per heavy atom. The molecule has 0 radical (unpaired) electrons. The summed E-state index contributed by atoms with van der Waals surface area (Å²) in [6, 6.07) is 6.46. The van der Waals surface area contributed by atoms with E-state index in [2.05, 4.69) is 20.4 Å². The number of nitrogens with one attached hydrogen (secondary N) is 2. The van der Waals surface area contributed by atoms with E-state index in [0.29, 0.717) is 18.1 Å². The van der Waals surface area contributed by atoms with Gasteiger partial charge < -0.3 is 20.3 Å². The zero-order chi connectivity index (χ0) is 17.2. The number of halogens is 2. The summed E-state index contributed by atoms with van der Waals surface area (Å²) in [7, 11) is 3.32. The van der Waals surface area contributed by atoms with Crippen LogP contribution in [0.1, 0.15) is 12.5 Å². The predicted octanol–water partition coefficient (Wildman–Crippen LogP) is 1.43. The number of aliphatic imine (C=N–C) groups is 1. The molecular weight excluding hydrogens is 306 g/mol. The maximum atomic E-state index is 12.4. The molecule has 0 aliphatic carbocycles. The van der Waals surface area contributed by atoms with E-state index in [1.807, 2.05) is 6.92 Å². The molecule has 0 saturated carbocycles. The standard InChI is InChI=1S/C15H22F2N4O2/c1-4-18-15(20-10-13(22)21(2)3)19-9-11-7-5-6-8-12(11)23-14(16)17/h5-8,14H,4,9-10H2,1-3H3,(H2,18,19,20). The van der Waals surface area contributed by atoms with Crippen molar-refractivity contribution in [2.24, 2.45) is 4.99 Å². The molecule has 1 aromatic carbocycles. The molecule has 0 aliphatic rings. The number of alkyl halides is 2. The molecule has 1 rings (SSSR count). The van der Waals surface area contributed by atoms with E-state index in [4.69, 9.17) is 0 Å². The molecule has 0 unspecified atom stereocenters. The van der Waals surface area contributed by atoms with Crippen LogP contribution in [0.4, 0.5) is 8.78 Å². The topological polar surface area (TPSA) is 66.0 Å². The van der Waals surface area contributed by atoms with Crippen molar-refractivity contribution >= 4 is 11.9 Å². The fourth-order valence-corrected chi connectivity index (χ4v) is 1.67. The van der Waals surface area contributed by atoms with E-state index in [1.165, 1.54) is 11.0 Å². The van der Waals surface area contributed by atoms with Gasteiger partial charge in [-0.1, -0.05) is 18.2 Å². The van der Waals surface area contributed by atoms with Gasteiger partial charge in [0.2, 0.25) is 5.91 Å². The number of amides is 1. The molecule has 0 saturated heterocycles. The van der Waals surface area contributed by atoms with Crippen LogP contribution in [0.3, 0.4) is 0 Å². The molecule has 0 bridgehead atoms. The fourth-order valence-electron chi connectivity index (χ4n) is 1.67. The second-order valence-electron chi connectivity index (χ2n) is 4.82. The van der Waals surface area contributed by atoms with Gasteiger partial charge >= 0.3 is 6.61 Å². The summed E-state index contributed by atoms with van der Waals surface area (Å²) in [5.74, 6) is 0.415. The van der Waals surface area contributed by atoms with Crippen LogP contribution in [-0.2, 0) is 11.3 Å². The zero-order valence-electron chi connectivity index (χ0n) is 13.5. The van der Waals surface area contributed by atoms with E-state index in [0.717, 1.165) is 0 Å². The molecule has 0 fully saturated rings. The van der Waals surface area contributed by atoms with Crippen LogP contribution in [0.15, 0.2) is 29.3 Å². The molecule has 2 N–H and O–H groups in total. The molecule has 0 aliphatic heterocycles. The van der Waals surface area contributed by atoms with Gasteiger partial charge in [0, 0.05) is 26.2 Å². The quantitative estimate of drug-likeness (QED) is 0.587. The van der Waals surface area contributed by atoms with Crippen LogP contribution >= 0.6 is 0 Å². The third-order valence-electron chi connectivity index (χ3n) is 2.85. The van der Waals surface area contributed by atoms with Crippen molar-refractivity contribution in [1.29, 1.82) is 0 Å². The second-order valence-corrected chi connectivity index (χ2v) is 4.82. The van der Waals surface area contributed by atoms with Gasteiger partial charge in [-0.25, -0.2) is 4.99 Å². The Bertz CT molecular complexity index is 536. The third kappa shape index (κ3) is 6.94. The van der Waals surface area contributed by atoms with Gasteiger partial charge in [0.25, 0.3) is 0 Å². The van der Waals surface area contributed by atoms with E-state index in [9.17, 15) is 13.6 Å². The highest BCUT2D eigenvalue weighted by atomic mass is 19.3. The predicted molar refractivity (Wildman–Crippen MR) is 84.6 cm³/mol. The Morgan fingerprint density at radius 3 is 2.61 bits per heavy atom. The number of nitrogens with zero attached hydrogens (tertiary/aromatic N) is 2. The minimum absolute atomic E-state index is 0.0893. The lowest BCUT2D eigenvalue weighted by atomic mass is 10.2. The number of hydrogen-bond acceptors (Lipinski definition) is 3. The maximum Gasteiger partial charge on any atom is 0.387 e. The number of rotatable bonds is 7. The lowest BCUT2D eigenvalue weighted by Crippen LogP contribution is -2.42. The summed E-state index contributed by atoms with van der Waals surface area (Å²) in [5, 5.41) is 5.88. The van der Waals surface area contributed by atoms with Crippen LogP contribution < -0.4 is 15.4 Å². The number of likely N-dealkylation sites (N-methyl/N-ethyl adjacent to an activating group) is 1. The highest BCUT2D eigenvalue weighted by Gasteiger charge is 2.09. The number of carbonyl (C=O) groups excluding carboxylic acids is 1. The normalized spacial score (nSPS) is 11.3. The SMILES string of the molecule is CCNC(=NCc1ccccc1OC(F)F)NCC(=O)N(C)C.